The lowest BCUT2D eigenvalue weighted by Gasteiger charge is -2.04. The molecule has 1 aromatic carbocycles. The van der Waals surface area contributed by atoms with E-state index in [1.807, 2.05) is 6.07 Å². The Morgan fingerprint density at radius 3 is 2.76 bits per heavy atom. The minimum atomic E-state index is 0.0950. The highest BCUT2D eigenvalue weighted by molar-refractivity contribution is 7.16. The summed E-state index contributed by atoms with van der Waals surface area (Å²) in [6.45, 7) is 1.59. The van der Waals surface area contributed by atoms with Crippen LogP contribution in [0.3, 0.4) is 0 Å². The molecule has 1 heterocycles. The zero-order chi connectivity index (χ0) is 11.8. The van der Waals surface area contributed by atoms with Crippen molar-refractivity contribution in [2.75, 3.05) is 0 Å². The number of nitrogens with zero attached hydrogens (tertiary/aromatic N) is 1. The molecule has 0 atom stereocenters. The SMILES string of the molecule is CC(=O)c1cnc(-c2ccccc2C2CC2)s1. The third kappa shape index (κ3) is 2.03. The van der Waals surface area contributed by atoms with Crippen LogP contribution in [0.15, 0.2) is 30.5 Å². The van der Waals surface area contributed by atoms with Crippen LogP contribution in [0, 0.1) is 0 Å². The zero-order valence-electron chi connectivity index (χ0n) is 9.64. The van der Waals surface area contributed by atoms with Gasteiger partial charge in [-0.2, -0.15) is 0 Å². The van der Waals surface area contributed by atoms with Gasteiger partial charge in [-0.15, -0.1) is 11.3 Å². The number of rotatable bonds is 3. The topological polar surface area (TPSA) is 30.0 Å². The van der Waals surface area contributed by atoms with Gasteiger partial charge in [-0.25, -0.2) is 4.98 Å². The van der Waals surface area contributed by atoms with Crippen LogP contribution in [0.2, 0.25) is 0 Å². The van der Waals surface area contributed by atoms with Crippen molar-refractivity contribution in [3.05, 3.63) is 40.9 Å². The molecular weight excluding hydrogens is 230 g/mol. The van der Waals surface area contributed by atoms with E-state index in [-0.39, 0.29) is 5.78 Å². The molecule has 2 aromatic rings. The van der Waals surface area contributed by atoms with Crippen molar-refractivity contribution in [1.29, 1.82) is 0 Å². The number of thiazole rings is 1. The summed E-state index contributed by atoms with van der Waals surface area (Å²) < 4.78 is 0. The van der Waals surface area contributed by atoms with E-state index < -0.39 is 0 Å². The number of benzene rings is 1. The first-order valence-electron chi connectivity index (χ1n) is 5.82. The maximum atomic E-state index is 11.3. The summed E-state index contributed by atoms with van der Waals surface area (Å²) in [7, 11) is 0. The average Bonchev–Trinajstić information content (AvgIpc) is 3.06. The lowest BCUT2D eigenvalue weighted by atomic mass is 10.0. The molecule has 86 valence electrons. The first kappa shape index (κ1) is 10.7. The van der Waals surface area contributed by atoms with E-state index in [2.05, 4.69) is 23.2 Å². The second-order valence-electron chi connectivity index (χ2n) is 4.45. The van der Waals surface area contributed by atoms with Crippen molar-refractivity contribution in [1.82, 2.24) is 4.98 Å². The molecule has 1 aromatic heterocycles. The summed E-state index contributed by atoms with van der Waals surface area (Å²) in [6, 6.07) is 8.41. The lowest BCUT2D eigenvalue weighted by Crippen LogP contribution is -1.85. The van der Waals surface area contributed by atoms with Gasteiger partial charge in [-0.1, -0.05) is 24.3 Å². The molecule has 0 radical (unpaired) electrons. The standard InChI is InChI=1S/C14H13NOS/c1-9(16)13-8-15-14(17-13)12-5-3-2-4-11(12)10-6-7-10/h2-5,8,10H,6-7H2,1H3. The van der Waals surface area contributed by atoms with E-state index in [1.165, 1.54) is 35.3 Å². The molecule has 1 saturated carbocycles. The highest BCUT2D eigenvalue weighted by atomic mass is 32.1. The molecule has 17 heavy (non-hydrogen) atoms. The summed E-state index contributed by atoms with van der Waals surface area (Å²) in [4.78, 5) is 16.4. The van der Waals surface area contributed by atoms with Gasteiger partial charge in [-0.05, 0) is 24.3 Å². The Bertz CT molecular complexity index is 569. The minimum absolute atomic E-state index is 0.0950. The summed E-state index contributed by atoms with van der Waals surface area (Å²) in [6.07, 6.45) is 4.25. The summed E-state index contributed by atoms with van der Waals surface area (Å²) >= 11 is 1.49. The van der Waals surface area contributed by atoms with E-state index in [4.69, 9.17) is 0 Å². The van der Waals surface area contributed by atoms with Gasteiger partial charge in [0.05, 0.1) is 4.88 Å². The molecule has 3 rings (SSSR count). The van der Waals surface area contributed by atoms with Gasteiger partial charge < -0.3 is 0 Å². The number of carbonyl (C=O) groups is 1. The average molecular weight is 243 g/mol. The molecule has 0 bridgehead atoms. The molecule has 1 aliphatic carbocycles. The molecule has 0 amide bonds. The van der Waals surface area contributed by atoms with Crippen LogP contribution in [0.25, 0.3) is 10.6 Å². The molecule has 3 heteroatoms. The van der Waals surface area contributed by atoms with Crippen LogP contribution in [-0.4, -0.2) is 10.8 Å². The minimum Gasteiger partial charge on any atom is -0.294 e. The van der Waals surface area contributed by atoms with E-state index in [1.54, 1.807) is 13.1 Å². The number of hydrogen-bond acceptors (Lipinski definition) is 3. The van der Waals surface area contributed by atoms with E-state index in [0.29, 0.717) is 5.92 Å². The first-order chi connectivity index (χ1) is 8.25. The van der Waals surface area contributed by atoms with E-state index in [9.17, 15) is 4.79 Å². The van der Waals surface area contributed by atoms with Gasteiger partial charge >= 0.3 is 0 Å². The van der Waals surface area contributed by atoms with Crippen LogP contribution in [0.4, 0.5) is 0 Å². The maximum Gasteiger partial charge on any atom is 0.171 e. The zero-order valence-corrected chi connectivity index (χ0v) is 10.5. The highest BCUT2D eigenvalue weighted by Gasteiger charge is 2.26. The number of hydrogen-bond donors (Lipinski definition) is 0. The van der Waals surface area contributed by atoms with Gasteiger partial charge in [0.15, 0.2) is 5.78 Å². The Kier molecular flexibility index (Phi) is 2.56. The van der Waals surface area contributed by atoms with Crippen LogP contribution in [-0.2, 0) is 0 Å². The van der Waals surface area contributed by atoms with E-state index >= 15 is 0 Å². The molecule has 1 aliphatic rings. The fourth-order valence-electron chi connectivity index (χ4n) is 2.00. The van der Waals surface area contributed by atoms with Crippen LogP contribution < -0.4 is 0 Å². The van der Waals surface area contributed by atoms with Gasteiger partial charge in [0, 0.05) is 18.7 Å². The third-order valence-electron chi connectivity index (χ3n) is 3.06. The van der Waals surface area contributed by atoms with E-state index in [0.717, 1.165) is 9.88 Å². The van der Waals surface area contributed by atoms with Crippen molar-refractivity contribution in [3.8, 4) is 10.6 Å². The van der Waals surface area contributed by atoms with Gasteiger partial charge in [-0.3, -0.25) is 4.79 Å². The van der Waals surface area contributed by atoms with Crippen molar-refractivity contribution >= 4 is 17.1 Å². The van der Waals surface area contributed by atoms with Crippen LogP contribution >= 0.6 is 11.3 Å². The monoisotopic (exact) mass is 243 g/mol. The van der Waals surface area contributed by atoms with Gasteiger partial charge in [0.2, 0.25) is 0 Å². The summed E-state index contributed by atoms with van der Waals surface area (Å²) in [5, 5.41) is 0.970. The Hall–Kier alpha value is -1.48. The summed E-state index contributed by atoms with van der Waals surface area (Å²) in [5.74, 6) is 0.800. The molecule has 0 spiro atoms. The molecular formula is C14H13NOS. The Balaban J connectivity index is 2.05. The van der Waals surface area contributed by atoms with Crippen molar-refractivity contribution in [2.24, 2.45) is 0 Å². The second-order valence-corrected chi connectivity index (χ2v) is 5.48. The molecule has 0 N–H and O–H groups in total. The van der Waals surface area contributed by atoms with Crippen molar-refractivity contribution < 1.29 is 4.79 Å². The predicted molar refractivity (Wildman–Crippen MR) is 69.5 cm³/mol. The largest absolute Gasteiger partial charge is 0.294 e. The molecule has 1 fully saturated rings. The second kappa shape index (κ2) is 4.08. The molecule has 0 saturated heterocycles. The number of carbonyl (C=O) groups excluding carboxylic acids is 1. The van der Waals surface area contributed by atoms with Gasteiger partial charge in [0.25, 0.3) is 0 Å². The molecule has 0 aliphatic heterocycles. The van der Waals surface area contributed by atoms with Crippen molar-refractivity contribution in [2.45, 2.75) is 25.7 Å². The predicted octanol–water partition coefficient (Wildman–Crippen LogP) is 3.89. The third-order valence-corrected chi connectivity index (χ3v) is 4.19. The number of Topliss-reactive ketones (excluding diaryl/α,β-unsaturated/α-hetero) is 1. The van der Waals surface area contributed by atoms with Gasteiger partial charge in [0.1, 0.15) is 5.01 Å². The molecule has 2 nitrogen and oxygen atoms in total. The number of ketones is 1. The van der Waals surface area contributed by atoms with Crippen LogP contribution in [0.1, 0.15) is 40.9 Å². The van der Waals surface area contributed by atoms with Crippen LogP contribution in [0.5, 0.6) is 0 Å². The normalized spacial score (nSPS) is 14.9. The Morgan fingerprint density at radius 1 is 1.35 bits per heavy atom. The first-order valence-corrected chi connectivity index (χ1v) is 6.63. The Morgan fingerprint density at radius 2 is 2.12 bits per heavy atom. The fraction of sp³-hybridized carbons (Fsp3) is 0.286. The Labute approximate surface area is 104 Å². The summed E-state index contributed by atoms with van der Waals surface area (Å²) in [5.41, 5.74) is 2.59. The molecule has 0 unspecified atom stereocenters. The smallest absolute Gasteiger partial charge is 0.171 e. The lowest BCUT2D eigenvalue weighted by molar-refractivity contribution is 0.102. The number of aromatic nitrogens is 1. The fourth-order valence-corrected chi connectivity index (χ4v) is 2.86. The highest BCUT2D eigenvalue weighted by Crippen LogP contribution is 2.44. The van der Waals surface area contributed by atoms with Crippen molar-refractivity contribution in [3.63, 3.8) is 0 Å². The quantitative estimate of drug-likeness (QED) is 0.765. The maximum absolute atomic E-state index is 11.3.